The molecule has 0 spiro atoms. The Labute approximate surface area is 226 Å². The Bertz CT molecular complexity index is 1350. The highest BCUT2D eigenvalue weighted by Crippen LogP contribution is 2.28. The van der Waals surface area contributed by atoms with Crippen LogP contribution in [-0.4, -0.2) is 37.1 Å². The number of hydrazone groups is 1. The molecule has 38 heavy (non-hydrogen) atoms. The molecule has 0 aliphatic rings. The second-order valence-electron chi connectivity index (χ2n) is 8.36. The maximum absolute atomic E-state index is 12.4. The van der Waals surface area contributed by atoms with Crippen molar-refractivity contribution in [3.8, 4) is 11.5 Å². The maximum Gasteiger partial charge on any atom is 0.329 e. The summed E-state index contributed by atoms with van der Waals surface area (Å²) >= 11 is 6.00. The fraction of sp³-hybridized carbons (Fsp3) is 0.214. The molecule has 0 heterocycles. The van der Waals surface area contributed by atoms with E-state index in [1.807, 2.05) is 52.0 Å². The maximum atomic E-state index is 12.4. The zero-order valence-corrected chi connectivity index (χ0v) is 22.3. The van der Waals surface area contributed by atoms with Crippen molar-refractivity contribution < 1.29 is 23.9 Å². The van der Waals surface area contributed by atoms with E-state index in [1.54, 1.807) is 30.3 Å². The summed E-state index contributed by atoms with van der Waals surface area (Å²) in [7, 11) is 0. The molecule has 3 aromatic rings. The molecule has 0 aliphatic heterocycles. The predicted molar refractivity (Wildman–Crippen MR) is 148 cm³/mol. The molecule has 3 aromatic carbocycles. The Hall–Kier alpha value is -4.37. The first-order chi connectivity index (χ1) is 18.2. The number of amides is 3. The highest BCUT2D eigenvalue weighted by atomic mass is 35.5. The molecule has 0 bridgehead atoms. The van der Waals surface area contributed by atoms with E-state index in [4.69, 9.17) is 21.1 Å². The van der Waals surface area contributed by atoms with E-state index in [0.29, 0.717) is 40.1 Å². The fourth-order valence-electron chi connectivity index (χ4n) is 3.45. The van der Waals surface area contributed by atoms with Crippen molar-refractivity contribution in [1.82, 2.24) is 5.43 Å². The van der Waals surface area contributed by atoms with Crippen molar-refractivity contribution >= 4 is 46.9 Å². The fourth-order valence-corrected chi connectivity index (χ4v) is 3.62. The number of halogens is 1. The first-order valence-corrected chi connectivity index (χ1v) is 12.2. The molecule has 10 heteroatoms. The average molecular weight is 537 g/mol. The number of benzene rings is 3. The lowest BCUT2D eigenvalue weighted by atomic mass is 10.1. The number of nitrogens with one attached hydrogen (secondary N) is 3. The van der Waals surface area contributed by atoms with Crippen molar-refractivity contribution in [1.29, 1.82) is 0 Å². The minimum absolute atomic E-state index is 0.245. The van der Waals surface area contributed by atoms with Gasteiger partial charge in [-0.1, -0.05) is 35.9 Å². The quantitative estimate of drug-likeness (QED) is 0.207. The van der Waals surface area contributed by atoms with Gasteiger partial charge in [0.2, 0.25) is 0 Å². The number of para-hydroxylation sites is 1. The summed E-state index contributed by atoms with van der Waals surface area (Å²) in [5.41, 5.74) is 6.54. The third kappa shape index (κ3) is 7.81. The Balaban J connectivity index is 1.59. The van der Waals surface area contributed by atoms with E-state index >= 15 is 0 Å². The minimum atomic E-state index is -0.908. The largest absolute Gasteiger partial charge is 0.490 e. The van der Waals surface area contributed by atoms with E-state index in [1.165, 1.54) is 6.21 Å². The lowest BCUT2D eigenvalue weighted by Crippen LogP contribution is -2.32. The summed E-state index contributed by atoms with van der Waals surface area (Å²) in [6.07, 6.45) is 1.37. The standard InChI is InChI=1S/C28H29ClN4O5/c1-5-37-24-13-20(15-30-33-28(36)27(35)32-26-18(3)7-6-8-19(26)4)10-12-23(24)38-16-25(34)31-22-14-21(29)11-9-17(22)2/h6-15H,5,16H2,1-4H3,(H,31,34)(H,32,35)(H,33,36)/b30-15-. The van der Waals surface area contributed by atoms with Gasteiger partial charge < -0.3 is 20.1 Å². The van der Waals surface area contributed by atoms with Gasteiger partial charge in [-0.05, 0) is 80.3 Å². The van der Waals surface area contributed by atoms with Gasteiger partial charge in [-0.2, -0.15) is 5.10 Å². The summed E-state index contributed by atoms with van der Waals surface area (Å²) in [6, 6.07) is 15.7. The van der Waals surface area contributed by atoms with Gasteiger partial charge >= 0.3 is 11.8 Å². The molecule has 0 unspecified atom stereocenters. The van der Waals surface area contributed by atoms with Crippen molar-refractivity contribution in [2.45, 2.75) is 27.7 Å². The highest BCUT2D eigenvalue weighted by Gasteiger charge is 2.15. The molecule has 3 rings (SSSR count). The monoisotopic (exact) mass is 536 g/mol. The lowest BCUT2D eigenvalue weighted by Gasteiger charge is -2.13. The lowest BCUT2D eigenvalue weighted by molar-refractivity contribution is -0.136. The molecule has 3 N–H and O–H groups in total. The average Bonchev–Trinajstić information content (AvgIpc) is 2.88. The van der Waals surface area contributed by atoms with Gasteiger partial charge in [0.05, 0.1) is 12.8 Å². The molecule has 0 atom stereocenters. The van der Waals surface area contributed by atoms with Crippen LogP contribution in [-0.2, 0) is 14.4 Å². The van der Waals surface area contributed by atoms with Crippen LogP contribution in [0.15, 0.2) is 59.7 Å². The second-order valence-corrected chi connectivity index (χ2v) is 8.79. The van der Waals surface area contributed by atoms with Crippen LogP contribution >= 0.6 is 11.6 Å². The molecule has 0 fully saturated rings. The van der Waals surface area contributed by atoms with E-state index < -0.39 is 11.8 Å². The molecule has 0 saturated heterocycles. The van der Waals surface area contributed by atoms with Gasteiger partial charge in [-0.3, -0.25) is 14.4 Å². The van der Waals surface area contributed by atoms with Gasteiger partial charge in [0.15, 0.2) is 18.1 Å². The highest BCUT2D eigenvalue weighted by molar-refractivity contribution is 6.39. The summed E-state index contributed by atoms with van der Waals surface area (Å²) in [5.74, 6) is -1.34. The SMILES string of the molecule is CCOc1cc(/C=N\NC(=O)C(=O)Nc2c(C)cccc2C)ccc1OCC(=O)Nc1cc(Cl)ccc1C. The van der Waals surface area contributed by atoms with Crippen LogP contribution in [0, 0.1) is 20.8 Å². The van der Waals surface area contributed by atoms with Crippen LogP contribution in [0.25, 0.3) is 0 Å². The smallest absolute Gasteiger partial charge is 0.329 e. The van der Waals surface area contributed by atoms with Crippen molar-refractivity contribution in [3.63, 3.8) is 0 Å². The van der Waals surface area contributed by atoms with Crippen LogP contribution in [0.3, 0.4) is 0 Å². The van der Waals surface area contributed by atoms with Crippen LogP contribution in [0.4, 0.5) is 11.4 Å². The van der Waals surface area contributed by atoms with Crippen LogP contribution in [0.1, 0.15) is 29.2 Å². The Morgan fingerprint density at radius 3 is 2.32 bits per heavy atom. The zero-order valence-electron chi connectivity index (χ0n) is 21.6. The molecule has 0 aliphatic carbocycles. The Kier molecular flexibility index (Phi) is 9.84. The Morgan fingerprint density at radius 2 is 1.61 bits per heavy atom. The number of rotatable bonds is 9. The van der Waals surface area contributed by atoms with Crippen molar-refractivity contribution in [2.75, 3.05) is 23.8 Å². The van der Waals surface area contributed by atoms with Gasteiger partial charge in [0.1, 0.15) is 0 Å². The number of hydrogen-bond acceptors (Lipinski definition) is 6. The third-order valence-electron chi connectivity index (χ3n) is 5.41. The third-order valence-corrected chi connectivity index (χ3v) is 5.64. The van der Waals surface area contributed by atoms with Gasteiger partial charge in [-0.15, -0.1) is 0 Å². The van der Waals surface area contributed by atoms with Crippen LogP contribution in [0.5, 0.6) is 11.5 Å². The molecular weight excluding hydrogens is 508 g/mol. The number of nitrogens with zero attached hydrogens (tertiary/aromatic N) is 1. The van der Waals surface area contributed by atoms with Gasteiger partial charge in [0.25, 0.3) is 5.91 Å². The number of aryl methyl sites for hydroxylation is 3. The molecule has 9 nitrogen and oxygen atoms in total. The van der Waals surface area contributed by atoms with Crippen LogP contribution < -0.4 is 25.5 Å². The summed E-state index contributed by atoms with van der Waals surface area (Å²) in [5, 5.41) is 9.75. The van der Waals surface area contributed by atoms with E-state index in [9.17, 15) is 14.4 Å². The van der Waals surface area contributed by atoms with E-state index in [0.717, 1.165) is 16.7 Å². The number of carbonyl (C=O) groups is 3. The van der Waals surface area contributed by atoms with E-state index in [2.05, 4.69) is 21.2 Å². The molecule has 3 amide bonds. The topological polar surface area (TPSA) is 118 Å². The zero-order chi connectivity index (χ0) is 27.7. The number of ether oxygens (including phenoxy) is 2. The number of hydrogen-bond donors (Lipinski definition) is 3. The predicted octanol–water partition coefficient (Wildman–Crippen LogP) is 4.77. The number of anilines is 2. The van der Waals surface area contributed by atoms with Gasteiger partial charge in [-0.25, -0.2) is 5.43 Å². The van der Waals surface area contributed by atoms with E-state index in [-0.39, 0.29) is 12.5 Å². The summed E-state index contributed by atoms with van der Waals surface area (Å²) < 4.78 is 11.3. The normalized spacial score (nSPS) is 10.7. The minimum Gasteiger partial charge on any atom is -0.490 e. The molecule has 0 aromatic heterocycles. The first kappa shape index (κ1) is 28.2. The molecular formula is C28H29ClN4O5. The second kappa shape index (κ2) is 13.3. The number of carbonyl (C=O) groups excluding carboxylic acids is 3. The summed E-state index contributed by atoms with van der Waals surface area (Å²) in [4.78, 5) is 36.8. The summed E-state index contributed by atoms with van der Waals surface area (Å²) in [6.45, 7) is 7.48. The Morgan fingerprint density at radius 1 is 0.868 bits per heavy atom. The van der Waals surface area contributed by atoms with Crippen molar-refractivity contribution in [2.24, 2.45) is 5.10 Å². The van der Waals surface area contributed by atoms with Crippen molar-refractivity contribution in [3.05, 3.63) is 81.9 Å². The molecule has 198 valence electrons. The van der Waals surface area contributed by atoms with Gasteiger partial charge in [0, 0.05) is 16.4 Å². The van der Waals surface area contributed by atoms with Crippen LogP contribution in [0.2, 0.25) is 5.02 Å². The molecule has 0 saturated carbocycles. The first-order valence-electron chi connectivity index (χ1n) is 11.8. The molecule has 0 radical (unpaired) electrons.